The quantitative estimate of drug-likeness (QED) is 0.360. The van der Waals surface area contributed by atoms with E-state index in [-0.39, 0.29) is 12.6 Å². The number of carbonyl (C=O) groups is 1. The van der Waals surface area contributed by atoms with Crippen LogP contribution in [0, 0.1) is 0 Å². The molecule has 0 saturated heterocycles. The van der Waals surface area contributed by atoms with Crippen molar-refractivity contribution < 1.29 is 19.4 Å². The van der Waals surface area contributed by atoms with Crippen molar-refractivity contribution in [1.29, 1.82) is 0 Å². The highest BCUT2D eigenvalue weighted by Crippen LogP contribution is 2.29. The minimum atomic E-state index is -0.452. The molecule has 0 radical (unpaired) electrons. The van der Waals surface area contributed by atoms with Gasteiger partial charge in [-0.1, -0.05) is 11.6 Å². The molecular weight excluding hydrogens is 430 g/mol. The number of nitrogens with one attached hydrogen (secondary N) is 1. The Hall–Kier alpha value is -2.74. The minimum Gasteiger partial charge on any atom is -0.493 e. The predicted octanol–water partition coefficient (Wildman–Crippen LogP) is 3.38. The Morgan fingerprint density at radius 1 is 1.25 bits per heavy atom. The summed E-state index contributed by atoms with van der Waals surface area (Å²) >= 11 is 5.98. The molecule has 0 fully saturated rings. The standard InChI is InChI=1S/C24H30ClN3O4/c1-16(27-7-11-32-21-5-4-19(25)15-22(21)31-2)12-17-13-18-6-9-28(8-3-10-29)23(18)20(14-17)24(26)30/h4-6,9,13-16,27,29H,3,7-8,10-12H2,1-2H3,(H2,26,30). The summed E-state index contributed by atoms with van der Waals surface area (Å²) in [6.45, 7) is 3.94. The number of amides is 1. The van der Waals surface area contributed by atoms with E-state index in [0.29, 0.717) is 48.2 Å². The second-order valence-corrected chi connectivity index (χ2v) is 8.17. The number of benzene rings is 2. The minimum absolute atomic E-state index is 0.0986. The number of methoxy groups -OCH3 is 1. The number of halogens is 1. The van der Waals surface area contributed by atoms with Crippen molar-refractivity contribution in [2.24, 2.45) is 5.73 Å². The van der Waals surface area contributed by atoms with Crippen LogP contribution in [0.5, 0.6) is 11.5 Å². The molecule has 7 nitrogen and oxygen atoms in total. The zero-order valence-corrected chi connectivity index (χ0v) is 19.2. The highest BCUT2D eigenvalue weighted by Gasteiger charge is 2.14. The topological polar surface area (TPSA) is 98.7 Å². The molecule has 3 aromatic rings. The van der Waals surface area contributed by atoms with Crippen molar-refractivity contribution in [3.8, 4) is 11.5 Å². The zero-order valence-electron chi connectivity index (χ0n) is 18.4. The van der Waals surface area contributed by atoms with Crippen LogP contribution in [0.25, 0.3) is 10.9 Å². The van der Waals surface area contributed by atoms with Crippen LogP contribution < -0.4 is 20.5 Å². The lowest BCUT2D eigenvalue weighted by Crippen LogP contribution is -2.32. The van der Waals surface area contributed by atoms with Gasteiger partial charge in [0.25, 0.3) is 5.91 Å². The molecule has 2 aromatic carbocycles. The Balaban J connectivity index is 1.60. The number of hydrogen-bond donors (Lipinski definition) is 3. The summed E-state index contributed by atoms with van der Waals surface area (Å²) in [5.74, 6) is 0.795. The van der Waals surface area contributed by atoms with Gasteiger partial charge in [-0.25, -0.2) is 0 Å². The average molecular weight is 460 g/mol. The van der Waals surface area contributed by atoms with Crippen LogP contribution in [0.3, 0.4) is 0 Å². The number of hydrogen-bond acceptors (Lipinski definition) is 5. The van der Waals surface area contributed by atoms with Crippen molar-refractivity contribution in [1.82, 2.24) is 9.88 Å². The number of primary amides is 1. The van der Waals surface area contributed by atoms with Gasteiger partial charge in [0.15, 0.2) is 11.5 Å². The molecule has 0 spiro atoms. The summed E-state index contributed by atoms with van der Waals surface area (Å²) < 4.78 is 13.1. The van der Waals surface area contributed by atoms with Crippen molar-refractivity contribution in [2.45, 2.75) is 32.4 Å². The van der Waals surface area contributed by atoms with E-state index in [0.717, 1.165) is 22.9 Å². The third-order valence-electron chi connectivity index (χ3n) is 5.26. The van der Waals surface area contributed by atoms with Gasteiger partial charge in [0.1, 0.15) is 6.61 Å². The van der Waals surface area contributed by atoms with E-state index in [4.69, 9.17) is 31.9 Å². The maximum absolute atomic E-state index is 12.1. The van der Waals surface area contributed by atoms with Crippen LogP contribution in [-0.2, 0) is 13.0 Å². The second kappa shape index (κ2) is 11.2. The first-order chi connectivity index (χ1) is 15.4. The van der Waals surface area contributed by atoms with Gasteiger partial charge in [-0.15, -0.1) is 0 Å². The molecule has 0 saturated carbocycles. The Morgan fingerprint density at radius 2 is 2.06 bits per heavy atom. The summed E-state index contributed by atoms with van der Waals surface area (Å²) in [6, 6.07) is 11.4. The highest BCUT2D eigenvalue weighted by atomic mass is 35.5. The molecule has 32 heavy (non-hydrogen) atoms. The Morgan fingerprint density at radius 3 is 2.78 bits per heavy atom. The number of nitrogens with two attached hydrogens (primary N) is 1. The maximum Gasteiger partial charge on any atom is 0.250 e. The summed E-state index contributed by atoms with van der Waals surface area (Å²) in [4.78, 5) is 12.1. The fraction of sp³-hybridized carbons (Fsp3) is 0.375. The lowest BCUT2D eigenvalue weighted by atomic mass is 10.0. The van der Waals surface area contributed by atoms with Gasteiger partial charge < -0.3 is 30.2 Å². The normalized spacial score (nSPS) is 12.1. The molecule has 1 aromatic heterocycles. The van der Waals surface area contributed by atoms with Gasteiger partial charge in [-0.3, -0.25) is 4.79 Å². The molecule has 1 amide bonds. The summed E-state index contributed by atoms with van der Waals surface area (Å²) in [6.07, 6.45) is 3.29. The number of aryl methyl sites for hydroxylation is 1. The van der Waals surface area contributed by atoms with Gasteiger partial charge in [-0.2, -0.15) is 0 Å². The van der Waals surface area contributed by atoms with Crippen LogP contribution in [0.1, 0.15) is 29.3 Å². The Bertz CT molecular complexity index is 1070. The van der Waals surface area contributed by atoms with Gasteiger partial charge in [0.2, 0.25) is 0 Å². The number of nitrogens with zero attached hydrogens (tertiary/aromatic N) is 1. The lowest BCUT2D eigenvalue weighted by molar-refractivity contribution is 0.100. The first-order valence-corrected chi connectivity index (χ1v) is 11.0. The first-order valence-electron chi connectivity index (χ1n) is 10.6. The third kappa shape index (κ3) is 5.94. The molecular formula is C24H30ClN3O4. The molecule has 1 unspecified atom stereocenters. The molecule has 0 aliphatic heterocycles. The van der Waals surface area contributed by atoms with Crippen LogP contribution in [-0.4, -0.2) is 48.5 Å². The molecule has 172 valence electrons. The fourth-order valence-electron chi connectivity index (χ4n) is 3.80. The zero-order chi connectivity index (χ0) is 23.1. The van der Waals surface area contributed by atoms with E-state index in [2.05, 4.69) is 18.3 Å². The molecule has 8 heteroatoms. The Kier molecular flexibility index (Phi) is 8.39. The highest BCUT2D eigenvalue weighted by molar-refractivity contribution is 6.30. The molecule has 1 heterocycles. The SMILES string of the molecule is COc1cc(Cl)ccc1OCCNC(C)Cc1cc(C(N)=O)c2c(ccn2CCCO)c1. The number of aromatic nitrogens is 1. The molecule has 4 N–H and O–H groups in total. The van der Waals surface area contributed by atoms with E-state index in [1.807, 2.05) is 22.9 Å². The fourth-order valence-corrected chi connectivity index (χ4v) is 3.96. The maximum atomic E-state index is 12.1. The second-order valence-electron chi connectivity index (χ2n) is 7.73. The van der Waals surface area contributed by atoms with Crippen LogP contribution in [0.15, 0.2) is 42.6 Å². The monoisotopic (exact) mass is 459 g/mol. The van der Waals surface area contributed by atoms with Gasteiger partial charge in [-0.05, 0) is 55.7 Å². The average Bonchev–Trinajstić information content (AvgIpc) is 3.18. The van der Waals surface area contributed by atoms with Crippen LogP contribution in [0.4, 0.5) is 0 Å². The number of ether oxygens (including phenoxy) is 2. The van der Waals surface area contributed by atoms with Gasteiger partial charge in [0.05, 0.1) is 18.2 Å². The third-order valence-corrected chi connectivity index (χ3v) is 5.50. The van der Waals surface area contributed by atoms with E-state index >= 15 is 0 Å². The molecule has 0 aliphatic rings. The number of carbonyl (C=O) groups excluding carboxylic acids is 1. The lowest BCUT2D eigenvalue weighted by Gasteiger charge is -2.16. The number of aliphatic hydroxyl groups excluding tert-OH is 1. The number of aliphatic hydroxyl groups is 1. The van der Waals surface area contributed by atoms with Crippen molar-refractivity contribution in [3.63, 3.8) is 0 Å². The Labute approximate surface area is 193 Å². The first kappa shape index (κ1) is 23.9. The van der Waals surface area contributed by atoms with Gasteiger partial charge in [0, 0.05) is 48.4 Å². The van der Waals surface area contributed by atoms with Crippen molar-refractivity contribution in [3.05, 3.63) is 58.7 Å². The van der Waals surface area contributed by atoms with E-state index in [9.17, 15) is 4.79 Å². The summed E-state index contributed by atoms with van der Waals surface area (Å²) in [5, 5.41) is 14.1. The number of fused-ring (bicyclic) bond motifs is 1. The molecule has 3 rings (SSSR count). The summed E-state index contributed by atoms with van der Waals surface area (Å²) in [5.41, 5.74) is 8.03. The van der Waals surface area contributed by atoms with E-state index in [1.165, 1.54) is 0 Å². The van der Waals surface area contributed by atoms with Crippen LogP contribution >= 0.6 is 11.6 Å². The predicted molar refractivity (Wildman–Crippen MR) is 127 cm³/mol. The largest absolute Gasteiger partial charge is 0.493 e. The van der Waals surface area contributed by atoms with Crippen molar-refractivity contribution >= 4 is 28.4 Å². The van der Waals surface area contributed by atoms with E-state index < -0.39 is 5.91 Å². The van der Waals surface area contributed by atoms with Gasteiger partial charge >= 0.3 is 0 Å². The molecule has 1 atom stereocenters. The smallest absolute Gasteiger partial charge is 0.250 e. The number of rotatable bonds is 12. The molecule has 0 bridgehead atoms. The van der Waals surface area contributed by atoms with Crippen LogP contribution in [0.2, 0.25) is 5.02 Å². The van der Waals surface area contributed by atoms with Crippen molar-refractivity contribution in [2.75, 3.05) is 26.9 Å². The van der Waals surface area contributed by atoms with E-state index in [1.54, 1.807) is 25.3 Å². The summed E-state index contributed by atoms with van der Waals surface area (Å²) in [7, 11) is 1.58. The molecule has 0 aliphatic carbocycles.